The zero-order valence-electron chi connectivity index (χ0n) is 18.9. The van der Waals surface area contributed by atoms with Gasteiger partial charge >= 0.3 is 0 Å². The molecule has 8 heteroatoms. The van der Waals surface area contributed by atoms with E-state index < -0.39 is 0 Å². The van der Waals surface area contributed by atoms with Crippen LogP contribution in [0.25, 0.3) is 0 Å². The van der Waals surface area contributed by atoms with Crippen LogP contribution in [0.1, 0.15) is 32.3 Å². The van der Waals surface area contributed by atoms with Crippen LogP contribution in [-0.4, -0.2) is 59.4 Å². The average Bonchev–Trinajstić information content (AvgIpc) is 2.72. The maximum absolute atomic E-state index is 12.9. The highest BCUT2D eigenvalue weighted by atomic mass is 35.5. The number of halogens is 1. The van der Waals surface area contributed by atoms with Crippen molar-refractivity contribution >= 4 is 29.1 Å². The van der Waals surface area contributed by atoms with Gasteiger partial charge in [-0.3, -0.25) is 9.59 Å². The van der Waals surface area contributed by atoms with Crippen molar-refractivity contribution in [1.82, 2.24) is 15.1 Å². The number of phenols is 1. The molecule has 32 heavy (non-hydrogen) atoms. The lowest BCUT2D eigenvalue weighted by Gasteiger charge is -2.40. The summed E-state index contributed by atoms with van der Waals surface area (Å²) >= 11 is 6.24. The van der Waals surface area contributed by atoms with Crippen LogP contribution >= 0.6 is 11.6 Å². The summed E-state index contributed by atoms with van der Waals surface area (Å²) in [5.74, 6) is -0.180. The summed E-state index contributed by atoms with van der Waals surface area (Å²) in [4.78, 5) is 28.0. The van der Waals surface area contributed by atoms with Crippen molar-refractivity contribution in [2.45, 2.75) is 39.2 Å². The lowest BCUT2D eigenvalue weighted by Crippen LogP contribution is -2.61. The Hall–Kier alpha value is -2.93. The summed E-state index contributed by atoms with van der Waals surface area (Å²) in [7, 11) is 1.86. The molecule has 0 aromatic heterocycles. The molecule has 0 bridgehead atoms. The van der Waals surface area contributed by atoms with Crippen LogP contribution < -0.4 is 10.6 Å². The van der Waals surface area contributed by atoms with E-state index in [9.17, 15) is 14.7 Å². The SMILES string of the molecule is C=CC(=O)N1CC(NC(=O)C2=CCC(C)=C(CNc3cc(CCC)c(Cl)cc3O)N2C)C1. The second-order valence-corrected chi connectivity index (χ2v) is 8.67. The van der Waals surface area contributed by atoms with E-state index in [2.05, 4.69) is 24.1 Å². The summed E-state index contributed by atoms with van der Waals surface area (Å²) in [6.45, 7) is 9.04. The monoisotopic (exact) mass is 458 g/mol. The minimum absolute atomic E-state index is 0.0581. The summed E-state index contributed by atoms with van der Waals surface area (Å²) < 4.78 is 0. The van der Waals surface area contributed by atoms with Gasteiger partial charge in [-0.1, -0.05) is 37.6 Å². The van der Waals surface area contributed by atoms with Crippen molar-refractivity contribution in [2.24, 2.45) is 0 Å². The van der Waals surface area contributed by atoms with Gasteiger partial charge in [0.15, 0.2) is 0 Å². The standard InChI is InChI=1S/C24H31ClN4O3/c1-5-7-16-10-19(22(30)11-18(16)25)26-12-21-15(3)8-9-20(28(21)4)24(32)27-17-13-29(14-17)23(31)6-2/h6,9-11,17,26,30H,2,5,7-8,12-14H2,1,3-4H3,(H,27,32). The van der Waals surface area contributed by atoms with Crippen LogP contribution in [0.5, 0.6) is 5.75 Å². The van der Waals surface area contributed by atoms with Crippen molar-refractivity contribution in [2.75, 3.05) is 32.0 Å². The molecular weight excluding hydrogens is 428 g/mol. The minimum atomic E-state index is -0.159. The number of carbonyl (C=O) groups excluding carboxylic acids is 2. The Morgan fingerprint density at radius 3 is 2.72 bits per heavy atom. The van der Waals surface area contributed by atoms with E-state index in [0.29, 0.717) is 42.5 Å². The molecule has 0 atom stereocenters. The molecule has 0 aliphatic carbocycles. The van der Waals surface area contributed by atoms with Crippen molar-refractivity contribution in [3.63, 3.8) is 0 Å². The number of anilines is 1. The van der Waals surface area contributed by atoms with E-state index in [0.717, 1.165) is 29.7 Å². The zero-order valence-corrected chi connectivity index (χ0v) is 19.6. The Labute approximate surface area is 194 Å². The molecule has 1 saturated heterocycles. The zero-order chi connectivity index (χ0) is 23.4. The van der Waals surface area contributed by atoms with E-state index >= 15 is 0 Å². The Bertz CT molecular complexity index is 980. The number of benzene rings is 1. The molecule has 2 heterocycles. The molecule has 0 spiro atoms. The third-order valence-electron chi connectivity index (χ3n) is 5.93. The first kappa shape index (κ1) is 23.7. The summed E-state index contributed by atoms with van der Waals surface area (Å²) in [6, 6.07) is 3.40. The predicted molar refractivity (Wildman–Crippen MR) is 127 cm³/mol. The summed E-state index contributed by atoms with van der Waals surface area (Å²) in [6.07, 6.45) is 5.66. The van der Waals surface area contributed by atoms with Crippen molar-refractivity contribution in [3.05, 3.63) is 58.4 Å². The van der Waals surface area contributed by atoms with E-state index in [1.165, 1.54) is 6.08 Å². The van der Waals surface area contributed by atoms with Gasteiger partial charge < -0.3 is 25.5 Å². The highest BCUT2D eigenvalue weighted by Crippen LogP contribution is 2.32. The first-order valence-corrected chi connectivity index (χ1v) is 11.2. The molecular formula is C24H31ClN4O3. The molecule has 1 fully saturated rings. The molecule has 3 N–H and O–H groups in total. The molecule has 2 amide bonds. The second kappa shape index (κ2) is 10.1. The van der Waals surface area contributed by atoms with Crippen LogP contribution in [0.3, 0.4) is 0 Å². The van der Waals surface area contributed by atoms with Crippen LogP contribution in [0.4, 0.5) is 5.69 Å². The third-order valence-corrected chi connectivity index (χ3v) is 6.28. The Morgan fingerprint density at radius 1 is 1.34 bits per heavy atom. The van der Waals surface area contributed by atoms with Gasteiger partial charge in [-0.25, -0.2) is 0 Å². The van der Waals surface area contributed by atoms with Crippen molar-refractivity contribution in [3.8, 4) is 5.75 Å². The number of phenolic OH excluding ortho intramolecular Hbond substituents is 1. The molecule has 172 valence electrons. The molecule has 0 radical (unpaired) electrons. The van der Waals surface area contributed by atoms with Crippen LogP contribution in [0, 0.1) is 0 Å². The van der Waals surface area contributed by atoms with E-state index in [-0.39, 0.29) is 23.6 Å². The maximum Gasteiger partial charge on any atom is 0.267 e. The van der Waals surface area contributed by atoms with Gasteiger partial charge in [0.1, 0.15) is 11.4 Å². The third kappa shape index (κ3) is 5.10. The number of aryl methyl sites for hydroxylation is 1. The minimum Gasteiger partial charge on any atom is -0.506 e. The lowest BCUT2D eigenvalue weighted by atomic mass is 10.0. The number of nitrogens with one attached hydrogen (secondary N) is 2. The van der Waals surface area contributed by atoms with Crippen LogP contribution in [-0.2, 0) is 16.0 Å². The number of nitrogens with zero attached hydrogens (tertiary/aromatic N) is 2. The van der Waals surface area contributed by atoms with Crippen LogP contribution in [0.15, 0.2) is 47.8 Å². The number of likely N-dealkylation sites (tertiary alicyclic amines) is 1. The Morgan fingerprint density at radius 2 is 2.06 bits per heavy atom. The number of likely N-dealkylation sites (N-methyl/N-ethyl adjacent to an activating group) is 1. The average molecular weight is 459 g/mol. The largest absolute Gasteiger partial charge is 0.506 e. The maximum atomic E-state index is 12.9. The number of amides is 2. The highest BCUT2D eigenvalue weighted by molar-refractivity contribution is 6.31. The van der Waals surface area contributed by atoms with Gasteiger partial charge in [-0.2, -0.15) is 0 Å². The molecule has 1 aromatic carbocycles. The second-order valence-electron chi connectivity index (χ2n) is 8.26. The van der Waals surface area contributed by atoms with Gasteiger partial charge in [-0.05, 0) is 43.0 Å². The fourth-order valence-corrected chi connectivity index (χ4v) is 4.23. The van der Waals surface area contributed by atoms with Crippen molar-refractivity contribution in [1.29, 1.82) is 0 Å². The van der Waals surface area contributed by atoms with E-state index in [1.54, 1.807) is 11.0 Å². The van der Waals surface area contributed by atoms with Crippen LogP contribution in [0.2, 0.25) is 5.02 Å². The summed E-state index contributed by atoms with van der Waals surface area (Å²) in [5, 5.41) is 17.2. The highest BCUT2D eigenvalue weighted by Gasteiger charge is 2.32. The predicted octanol–water partition coefficient (Wildman–Crippen LogP) is 3.42. The Kier molecular flexibility index (Phi) is 7.51. The number of hydrogen-bond acceptors (Lipinski definition) is 5. The fraction of sp³-hybridized carbons (Fsp3) is 0.417. The van der Waals surface area contributed by atoms with Gasteiger partial charge in [-0.15, -0.1) is 0 Å². The molecule has 0 saturated carbocycles. The molecule has 1 aromatic rings. The number of aromatic hydroxyl groups is 1. The molecule has 2 aliphatic rings. The number of allylic oxidation sites excluding steroid dienone is 2. The van der Waals surface area contributed by atoms with E-state index in [4.69, 9.17) is 11.6 Å². The summed E-state index contributed by atoms with van der Waals surface area (Å²) in [5.41, 5.74) is 4.30. The Balaban J connectivity index is 1.62. The lowest BCUT2D eigenvalue weighted by molar-refractivity contribution is -0.132. The van der Waals surface area contributed by atoms with E-state index in [1.807, 2.05) is 31.0 Å². The van der Waals surface area contributed by atoms with Gasteiger partial charge in [0, 0.05) is 36.9 Å². The normalized spacial score (nSPS) is 16.4. The van der Waals surface area contributed by atoms with Gasteiger partial charge in [0.25, 0.3) is 5.91 Å². The number of rotatable bonds is 8. The van der Waals surface area contributed by atoms with Gasteiger partial charge in [0.2, 0.25) is 5.91 Å². The smallest absolute Gasteiger partial charge is 0.267 e. The first-order valence-electron chi connectivity index (χ1n) is 10.8. The number of hydrogen-bond donors (Lipinski definition) is 3. The quantitative estimate of drug-likeness (QED) is 0.410. The molecule has 7 nitrogen and oxygen atoms in total. The molecule has 2 aliphatic heterocycles. The van der Waals surface area contributed by atoms with Crippen molar-refractivity contribution < 1.29 is 14.7 Å². The van der Waals surface area contributed by atoms with Gasteiger partial charge in [0.05, 0.1) is 18.3 Å². The topological polar surface area (TPSA) is 84.9 Å². The fourth-order valence-electron chi connectivity index (χ4n) is 3.98. The molecule has 0 unspecified atom stereocenters. The molecule has 3 rings (SSSR count). The number of carbonyl (C=O) groups is 2. The first-order chi connectivity index (χ1) is 15.2.